The maximum absolute atomic E-state index is 14.8. The Morgan fingerprint density at radius 2 is 1.47 bits per heavy atom. The van der Waals surface area contributed by atoms with Gasteiger partial charge in [0.05, 0.1) is 11.0 Å². The van der Waals surface area contributed by atoms with Gasteiger partial charge in [-0.15, -0.1) is 0 Å². The van der Waals surface area contributed by atoms with Gasteiger partial charge < -0.3 is 4.74 Å². The Kier molecular flexibility index (Phi) is 4.77. The zero-order valence-corrected chi connectivity index (χ0v) is 17.8. The van der Waals surface area contributed by atoms with E-state index < -0.39 is 11.6 Å². The van der Waals surface area contributed by atoms with Gasteiger partial charge in [-0.05, 0) is 47.5 Å². The molecule has 0 saturated heterocycles. The number of hydrogen-bond acceptors (Lipinski definition) is 3. The minimum absolute atomic E-state index is 0.0735. The first-order valence-electron chi connectivity index (χ1n) is 10.7. The van der Waals surface area contributed by atoms with Crippen molar-refractivity contribution < 1.29 is 13.5 Å². The lowest BCUT2D eigenvalue weighted by Gasteiger charge is -2.10. The molecule has 6 heteroatoms. The number of hydrogen-bond donors (Lipinski definition) is 0. The molecule has 164 valence electrons. The lowest BCUT2D eigenvalue weighted by Crippen LogP contribution is -2.03. The van der Waals surface area contributed by atoms with E-state index in [-0.39, 0.29) is 5.82 Å². The number of nitrogens with zero attached hydrogens (tertiary/aromatic N) is 3. The Morgan fingerprint density at radius 3 is 2.35 bits per heavy atom. The van der Waals surface area contributed by atoms with E-state index in [1.54, 1.807) is 16.8 Å². The Balaban J connectivity index is 1.53. The zero-order chi connectivity index (χ0) is 23.1. The number of fused-ring (bicyclic) bond motifs is 3. The molecule has 0 spiro atoms. The summed E-state index contributed by atoms with van der Waals surface area (Å²) < 4.78 is 36.5. The van der Waals surface area contributed by atoms with Crippen LogP contribution >= 0.6 is 0 Å². The molecule has 0 N–H and O–H groups in total. The van der Waals surface area contributed by atoms with Gasteiger partial charge in [-0.25, -0.2) is 14.4 Å². The molecule has 0 amide bonds. The van der Waals surface area contributed by atoms with Crippen LogP contribution in [0.5, 0.6) is 11.6 Å². The highest BCUT2D eigenvalue weighted by Crippen LogP contribution is 2.36. The lowest BCUT2D eigenvalue weighted by atomic mass is 10.0. The highest BCUT2D eigenvalue weighted by molar-refractivity contribution is 6.10. The van der Waals surface area contributed by atoms with E-state index in [0.29, 0.717) is 11.6 Å². The third-order valence-corrected chi connectivity index (χ3v) is 5.74. The van der Waals surface area contributed by atoms with Gasteiger partial charge in [0.25, 0.3) is 0 Å². The summed E-state index contributed by atoms with van der Waals surface area (Å²) in [6.45, 7) is 0. The minimum Gasteiger partial charge on any atom is -0.439 e. The molecule has 6 rings (SSSR count). The van der Waals surface area contributed by atoms with Gasteiger partial charge in [-0.3, -0.25) is 4.57 Å². The Labute approximate surface area is 193 Å². The fourth-order valence-corrected chi connectivity index (χ4v) is 4.21. The monoisotopic (exact) mass is 449 g/mol. The van der Waals surface area contributed by atoms with Crippen LogP contribution in [-0.4, -0.2) is 14.5 Å². The van der Waals surface area contributed by atoms with Crippen molar-refractivity contribution in [2.24, 2.45) is 0 Å². The molecule has 0 aliphatic heterocycles. The summed E-state index contributed by atoms with van der Waals surface area (Å²) in [5.41, 5.74) is 3.30. The van der Waals surface area contributed by atoms with Gasteiger partial charge in [0.2, 0.25) is 11.7 Å². The van der Waals surface area contributed by atoms with E-state index in [1.807, 2.05) is 78.9 Å². The molecule has 3 heterocycles. The van der Waals surface area contributed by atoms with Crippen LogP contribution in [-0.2, 0) is 0 Å². The van der Waals surface area contributed by atoms with E-state index in [9.17, 15) is 8.78 Å². The van der Waals surface area contributed by atoms with Crippen molar-refractivity contribution in [2.75, 3.05) is 0 Å². The van der Waals surface area contributed by atoms with Gasteiger partial charge in [0.15, 0.2) is 11.6 Å². The van der Waals surface area contributed by atoms with Crippen LogP contribution in [0.4, 0.5) is 8.78 Å². The van der Waals surface area contributed by atoms with Crippen molar-refractivity contribution in [1.82, 2.24) is 14.5 Å². The molecule has 0 saturated carbocycles. The molecular weight excluding hydrogens is 432 g/mol. The van der Waals surface area contributed by atoms with Gasteiger partial charge in [0, 0.05) is 29.2 Å². The molecule has 0 bridgehead atoms. The Hall–Kier alpha value is -4.58. The minimum atomic E-state index is -0.985. The van der Waals surface area contributed by atoms with Crippen LogP contribution in [0, 0.1) is 11.6 Å². The average Bonchev–Trinajstić information content (AvgIpc) is 3.20. The summed E-state index contributed by atoms with van der Waals surface area (Å²) in [7, 11) is 0. The normalized spacial score (nSPS) is 11.2. The second-order valence-corrected chi connectivity index (χ2v) is 7.81. The van der Waals surface area contributed by atoms with Gasteiger partial charge in [-0.2, -0.15) is 4.39 Å². The summed E-state index contributed by atoms with van der Waals surface area (Å²) in [6, 6.07) is 27.7. The van der Waals surface area contributed by atoms with Crippen LogP contribution in [0.2, 0.25) is 0 Å². The first kappa shape index (κ1) is 20.1. The van der Waals surface area contributed by atoms with E-state index in [0.717, 1.165) is 39.0 Å². The molecule has 0 unspecified atom stereocenters. The highest BCUT2D eigenvalue weighted by Gasteiger charge is 2.18. The molecule has 34 heavy (non-hydrogen) atoms. The number of aromatic nitrogens is 3. The topological polar surface area (TPSA) is 39.9 Å². The molecule has 3 aromatic heterocycles. The van der Waals surface area contributed by atoms with Gasteiger partial charge in [-0.1, -0.05) is 48.5 Å². The van der Waals surface area contributed by atoms with Crippen LogP contribution in [0.1, 0.15) is 0 Å². The fraction of sp³-hybridized carbons (Fsp3) is 0. The molecule has 6 aromatic rings. The number of halogens is 2. The molecule has 3 aromatic carbocycles. The number of rotatable bonds is 4. The maximum Gasteiger partial charge on any atom is 0.219 e. The first-order chi connectivity index (χ1) is 16.7. The third-order valence-electron chi connectivity index (χ3n) is 5.74. The predicted octanol–water partition coefficient (Wildman–Crippen LogP) is 7.31. The SMILES string of the molecule is Fc1ccnc(-n2c3ccccc3c3ccc(-c4cccc(Oc5ccccn5)c4)cc32)c1F. The summed E-state index contributed by atoms with van der Waals surface area (Å²) in [5.74, 6) is -0.846. The van der Waals surface area contributed by atoms with Crippen LogP contribution in [0.3, 0.4) is 0 Å². The molecule has 0 atom stereocenters. The fourth-order valence-electron chi connectivity index (χ4n) is 4.21. The summed E-state index contributed by atoms with van der Waals surface area (Å²) in [4.78, 5) is 8.37. The summed E-state index contributed by atoms with van der Waals surface area (Å²) >= 11 is 0. The average molecular weight is 449 g/mol. The standard InChI is InChI=1S/C28H17F2N3O/c29-23-13-15-32-28(27(23)30)33-24-9-2-1-8-21(24)22-12-11-19(17-25(22)33)18-6-5-7-20(16-18)34-26-10-3-4-14-31-26/h1-17H. The van der Waals surface area contributed by atoms with Crippen molar-refractivity contribution in [2.45, 2.75) is 0 Å². The van der Waals surface area contributed by atoms with Gasteiger partial charge in [0.1, 0.15) is 5.75 Å². The van der Waals surface area contributed by atoms with Crippen molar-refractivity contribution in [1.29, 1.82) is 0 Å². The molecule has 0 aliphatic carbocycles. The van der Waals surface area contributed by atoms with Crippen molar-refractivity contribution >= 4 is 21.8 Å². The molecule has 0 aliphatic rings. The summed E-state index contributed by atoms with van der Waals surface area (Å²) in [5, 5.41) is 1.85. The zero-order valence-electron chi connectivity index (χ0n) is 17.8. The van der Waals surface area contributed by atoms with E-state index in [1.165, 1.54) is 6.20 Å². The molecular formula is C28H17F2N3O. The molecule has 0 radical (unpaired) electrons. The van der Waals surface area contributed by atoms with Crippen LogP contribution < -0.4 is 4.74 Å². The first-order valence-corrected chi connectivity index (χ1v) is 10.7. The second kappa shape index (κ2) is 8.08. The largest absolute Gasteiger partial charge is 0.439 e. The predicted molar refractivity (Wildman–Crippen MR) is 128 cm³/mol. The van der Waals surface area contributed by atoms with E-state index in [2.05, 4.69) is 9.97 Å². The maximum atomic E-state index is 14.8. The Morgan fingerprint density at radius 1 is 0.647 bits per heavy atom. The van der Waals surface area contributed by atoms with E-state index in [4.69, 9.17) is 4.74 Å². The van der Waals surface area contributed by atoms with Crippen LogP contribution in [0.25, 0.3) is 38.8 Å². The van der Waals surface area contributed by atoms with Gasteiger partial charge >= 0.3 is 0 Å². The number of ether oxygens (including phenoxy) is 1. The van der Waals surface area contributed by atoms with Crippen molar-refractivity contribution in [3.05, 3.63) is 115 Å². The Bertz CT molecular complexity index is 1660. The number of para-hydroxylation sites is 1. The summed E-state index contributed by atoms with van der Waals surface area (Å²) in [6.07, 6.45) is 2.95. The second-order valence-electron chi connectivity index (χ2n) is 7.81. The smallest absolute Gasteiger partial charge is 0.219 e. The number of pyridine rings is 2. The van der Waals surface area contributed by atoms with Crippen molar-refractivity contribution in [3.8, 4) is 28.6 Å². The molecule has 0 fully saturated rings. The van der Waals surface area contributed by atoms with E-state index >= 15 is 0 Å². The highest BCUT2D eigenvalue weighted by atomic mass is 19.2. The quantitative estimate of drug-likeness (QED) is 0.283. The van der Waals surface area contributed by atoms with Crippen LogP contribution in [0.15, 0.2) is 103 Å². The third kappa shape index (κ3) is 3.36. The van der Waals surface area contributed by atoms with Crippen molar-refractivity contribution in [3.63, 3.8) is 0 Å². The lowest BCUT2D eigenvalue weighted by molar-refractivity contribution is 0.463. The number of benzene rings is 3. The molecule has 4 nitrogen and oxygen atoms in total.